The van der Waals surface area contributed by atoms with Crippen LogP contribution in [0.5, 0.6) is 0 Å². The molecule has 2 atom stereocenters. The number of aliphatic hydroxyl groups is 1. The summed E-state index contributed by atoms with van der Waals surface area (Å²) in [5.74, 6) is 0.0966. The van der Waals surface area contributed by atoms with Crippen molar-refractivity contribution in [1.82, 2.24) is 10.6 Å². The quantitative estimate of drug-likeness (QED) is 0.659. The topological polar surface area (TPSA) is 61.4 Å². The highest BCUT2D eigenvalue weighted by Gasteiger charge is 2.19. The van der Waals surface area contributed by atoms with Gasteiger partial charge in [-0.05, 0) is 25.7 Å². The predicted octanol–water partition coefficient (Wildman–Crippen LogP) is 1.25. The predicted molar refractivity (Wildman–Crippen MR) is 59.6 cm³/mol. The van der Waals surface area contributed by atoms with Crippen molar-refractivity contribution >= 4 is 6.03 Å². The second-order valence-electron chi connectivity index (χ2n) is 4.55. The summed E-state index contributed by atoms with van der Waals surface area (Å²) in [7, 11) is 0. The summed E-state index contributed by atoms with van der Waals surface area (Å²) in [6.07, 6.45) is 4.62. The maximum absolute atomic E-state index is 11.5. The van der Waals surface area contributed by atoms with Crippen LogP contribution in [0.4, 0.5) is 4.79 Å². The SMILES string of the molecule is CC(CO)C(C)NC(=O)NC1CCCC1. The second-order valence-corrected chi connectivity index (χ2v) is 4.55. The Morgan fingerprint density at radius 3 is 2.53 bits per heavy atom. The Hall–Kier alpha value is -0.770. The first kappa shape index (κ1) is 12.3. The molecule has 0 spiro atoms. The van der Waals surface area contributed by atoms with Crippen LogP contribution < -0.4 is 10.6 Å². The highest BCUT2D eigenvalue weighted by molar-refractivity contribution is 5.74. The van der Waals surface area contributed by atoms with E-state index in [0.29, 0.717) is 6.04 Å². The van der Waals surface area contributed by atoms with Gasteiger partial charge in [0, 0.05) is 18.7 Å². The highest BCUT2D eigenvalue weighted by atomic mass is 16.3. The minimum absolute atomic E-state index is 0.0106. The van der Waals surface area contributed by atoms with Gasteiger partial charge in [-0.15, -0.1) is 0 Å². The van der Waals surface area contributed by atoms with Crippen molar-refractivity contribution < 1.29 is 9.90 Å². The van der Waals surface area contributed by atoms with Gasteiger partial charge in [-0.2, -0.15) is 0 Å². The van der Waals surface area contributed by atoms with Gasteiger partial charge in [-0.25, -0.2) is 4.79 Å². The molecule has 4 nitrogen and oxygen atoms in total. The van der Waals surface area contributed by atoms with Crippen molar-refractivity contribution in [1.29, 1.82) is 0 Å². The number of aliphatic hydroxyl groups excluding tert-OH is 1. The van der Waals surface area contributed by atoms with E-state index in [-0.39, 0.29) is 24.6 Å². The molecule has 2 amide bonds. The monoisotopic (exact) mass is 214 g/mol. The van der Waals surface area contributed by atoms with Crippen LogP contribution >= 0.6 is 0 Å². The van der Waals surface area contributed by atoms with Gasteiger partial charge in [0.05, 0.1) is 0 Å². The molecule has 15 heavy (non-hydrogen) atoms. The summed E-state index contributed by atoms with van der Waals surface area (Å²) in [6.45, 7) is 3.93. The van der Waals surface area contributed by atoms with Gasteiger partial charge in [0.2, 0.25) is 0 Å². The van der Waals surface area contributed by atoms with E-state index >= 15 is 0 Å². The number of hydrogen-bond acceptors (Lipinski definition) is 2. The summed E-state index contributed by atoms with van der Waals surface area (Å²) in [5, 5.41) is 14.7. The fraction of sp³-hybridized carbons (Fsp3) is 0.909. The molecular formula is C11H22N2O2. The fourth-order valence-corrected chi connectivity index (χ4v) is 1.80. The largest absolute Gasteiger partial charge is 0.396 e. The molecule has 4 heteroatoms. The molecule has 0 aromatic heterocycles. The lowest BCUT2D eigenvalue weighted by Gasteiger charge is -2.21. The Kier molecular flexibility index (Phi) is 4.88. The minimum Gasteiger partial charge on any atom is -0.396 e. The van der Waals surface area contributed by atoms with Gasteiger partial charge in [-0.3, -0.25) is 0 Å². The number of rotatable bonds is 4. The molecule has 1 aliphatic rings. The van der Waals surface area contributed by atoms with E-state index in [9.17, 15) is 4.79 Å². The number of carbonyl (C=O) groups excluding carboxylic acids is 1. The molecule has 3 N–H and O–H groups in total. The first-order valence-corrected chi connectivity index (χ1v) is 5.81. The first-order valence-electron chi connectivity index (χ1n) is 5.81. The third-order valence-corrected chi connectivity index (χ3v) is 3.19. The van der Waals surface area contributed by atoms with E-state index in [2.05, 4.69) is 10.6 Å². The number of urea groups is 1. The average molecular weight is 214 g/mol. The molecule has 0 aromatic rings. The lowest BCUT2D eigenvalue weighted by Crippen LogP contribution is -2.47. The lowest BCUT2D eigenvalue weighted by molar-refractivity contribution is 0.199. The number of carbonyl (C=O) groups is 1. The van der Waals surface area contributed by atoms with Crippen LogP contribution in [-0.2, 0) is 0 Å². The maximum Gasteiger partial charge on any atom is 0.315 e. The molecule has 0 aromatic carbocycles. The smallest absolute Gasteiger partial charge is 0.315 e. The Balaban J connectivity index is 2.22. The normalized spacial score (nSPS) is 21.0. The molecule has 0 radical (unpaired) electrons. The van der Waals surface area contributed by atoms with Gasteiger partial charge < -0.3 is 15.7 Å². The summed E-state index contributed by atoms with van der Waals surface area (Å²) in [6, 6.07) is 0.257. The first-order chi connectivity index (χ1) is 7.13. The van der Waals surface area contributed by atoms with E-state index in [1.807, 2.05) is 13.8 Å². The van der Waals surface area contributed by atoms with Gasteiger partial charge in [0.25, 0.3) is 0 Å². The fourth-order valence-electron chi connectivity index (χ4n) is 1.80. The Labute approximate surface area is 91.4 Å². The number of hydrogen-bond donors (Lipinski definition) is 3. The van der Waals surface area contributed by atoms with Crippen molar-refractivity contribution in [2.45, 2.75) is 51.6 Å². The molecule has 1 rings (SSSR count). The van der Waals surface area contributed by atoms with Crippen LogP contribution in [0, 0.1) is 5.92 Å². The van der Waals surface area contributed by atoms with Crippen LogP contribution in [0.3, 0.4) is 0 Å². The summed E-state index contributed by atoms with van der Waals surface area (Å²) in [5.41, 5.74) is 0. The van der Waals surface area contributed by atoms with Crippen molar-refractivity contribution in [2.75, 3.05) is 6.61 Å². The zero-order valence-corrected chi connectivity index (χ0v) is 9.62. The lowest BCUT2D eigenvalue weighted by atomic mass is 10.1. The van der Waals surface area contributed by atoms with E-state index in [0.717, 1.165) is 12.8 Å². The van der Waals surface area contributed by atoms with Gasteiger partial charge in [0.15, 0.2) is 0 Å². The Morgan fingerprint density at radius 1 is 1.40 bits per heavy atom. The van der Waals surface area contributed by atoms with E-state index in [1.165, 1.54) is 12.8 Å². The molecule has 2 unspecified atom stereocenters. The number of nitrogens with one attached hydrogen (secondary N) is 2. The molecule has 1 aliphatic carbocycles. The average Bonchev–Trinajstić information content (AvgIpc) is 2.68. The van der Waals surface area contributed by atoms with Gasteiger partial charge in [0.1, 0.15) is 0 Å². The second kappa shape index (κ2) is 5.95. The zero-order chi connectivity index (χ0) is 11.3. The third kappa shape index (κ3) is 4.08. The van der Waals surface area contributed by atoms with Crippen molar-refractivity contribution in [3.8, 4) is 0 Å². The van der Waals surface area contributed by atoms with Crippen LogP contribution in [-0.4, -0.2) is 29.8 Å². The van der Waals surface area contributed by atoms with Crippen molar-refractivity contribution in [3.05, 3.63) is 0 Å². The minimum atomic E-state index is -0.102. The molecule has 0 bridgehead atoms. The highest BCUT2D eigenvalue weighted by Crippen LogP contribution is 2.17. The Morgan fingerprint density at radius 2 is 2.00 bits per heavy atom. The molecule has 0 aliphatic heterocycles. The van der Waals surface area contributed by atoms with Crippen molar-refractivity contribution in [3.63, 3.8) is 0 Å². The van der Waals surface area contributed by atoms with Gasteiger partial charge >= 0.3 is 6.03 Å². The van der Waals surface area contributed by atoms with E-state index in [4.69, 9.17) is 5.11 Å². The van der Waals surface area contributed by atoms with Crippen molar-refractivity contribution in [2.24, 2.45) is 5.92 Å². The molecule has 1 saturated carbocycles. The molecule has 0 saturated heterocycles. The van der Waals surface area contributed by atoms with Crippen LogP contribution in [0.2, 0.25) is 0 Å². The third-order valence-electron chi connectivity index (χ3n) is 3.19. The summed E-state index contributed by atoms with van der Waals surface area (Å²) >= 11 is 0. The molecule has 88 valence electrons. The summed E-state index contributed by atoms with van der Waals surface area (Å²) < 4.78 is 0. The molecule has 0 heterocycles. The maximum atomic E-state index is 11.5. The van der Waals surface area contributed by atoms with Crippen LogP contribution in [0.25, 0.3) is 0 Å². The molecule has 1 fully saturated rings. The van der Waals surface area contributed by atoms with Gasteiger partial charge in [-0.1, -0.05) is 19.8 Å². The molecular weight excluding hydrogens is 192 g/mol. The van der Waals surface area contributed by atoms with E-state index < -0.39 is 0 Å². The van der Waals surface area contributed by atoms with Crippen LogP contribution in [0.15, 0.2) is 0 Å². The van der Waals surface area contributed by atoms with Crippen LogP contribution in [0.1, 0.15) is 39.5 Å². The number of amides is 2. The Bertz CT molecular complexity index is 203. The zero-order valence-electron chi connectivity index (χ0n) is 9.62. The van der Waals surface area contributed by atoms with E-state index in [1.54, 1.807) is 0 Å². The standard InChI is InChI=1S/C11H22N2O2/c1-8(7-14)9(2)12-11(15)13-10-5-3-4-6-10/h8-10,14H,3-7H2,1-2H3,(H2,12,13,15). The summed E-state index contributed by atoms with van der Waals surface area (Å²) in [4.78, 5) is 11.5.